The molecule has 0 spiro atoms. The number of aromatic nitrogens is 3. The minimum absolute atomic E-state index is 0.000905. The smallest absolute Gasteiger partial charge is 0.354 e. The fraction of sp³-hybridized carbons (Fsp3) is 0.412. The van der Waals surface area contributed by atoms with Crippen LogP contribution in [0.5, 0.6) is 0 Å². The van der Waals surface area contributed by atoms with Crippen molar-refractivity contribution >= 4 is 11.8 Å². The van der Waals surface area contributed by atoms with Gasteiger partial charge in [0.25, 0.3) is 5.91 Å². The first-order valence-corrected chi connectivity index (χ1v) is 8.48. The van der Waals surface area contributed by atoms with Gasteiger partial charge in [0, 0.05) is 6.54 Å². The highest BCUT2D eigenvalue weighted by molar-refractivity contribution is 5.95. The van der Waals surface area contributed by atoms with Gasteiger partial charge in [-0.1, -0.05) is 17.3 Å². The summed E-state index contributed by atoms with van der Waals surface area (Å²) in [6.45, 7) is 0.618. The zero-order valence-electron chi connectivity index (χ0n) is 14.3. The van der Waals surface area contributed by atoms with Gasteiger partial charge in [-0.25, -0.2) is 4.68 Å². The van der Waals surface area contributed by atoms with Crippen LogP contribution in [-0.4, -0.2) is 39.4 Å². The molecule has 1 aliphatic heterocycles. The highest BCUT2D eigenvalue weighted by Gasteiger charge is 2.30. The van der Waals surface area contributed by atoms with Gasteiger partial charge >= 0.3 is 6.18 Å². The molecule has 7 nitrogen and oxygen atoms in total. The molecule has 2 aromatic rings. The van der Waals surface area contributed by atoms with Gasteiger partial charge in [0.1, 0.15) is 6.04 Å². The Bertz CT molecular complexity index is 834. The predicted molar refractivity (Wildman–Crippen MR) is 88.7 cm³/mol. The molecule has 1 atom stereocenters. The SMILES string of the molecule is O=C(N[C@H]1CCCCNC1=O)c1cn(Cc2cccc(C(F)(F)F)c2)nn1. The second-order valence-electron chi connectivity index (χ2n) is 6.31. The average molecular weight is 381 g/mol. The van der Waals surface area contributed by atoms with Gasteiger partial charge in [-0.05, 0) is 37.0 Å². The van der Waals surface area contributed by atoms with E-state index in [4.69, 9.17) is 0 Å². The van der Waals surface area contributed by atoms with Gasteiger partial charge in [-0.3, -0.25) is 9.59 Å². The van der Waals surface area contributed by atoms with E-state index in [0.717, 1.165) is 25.0 Å². The van der Waals surface area contributed by atoms with Crippen LogP contribution in [0, 0.1) is 0 Å². The predicted octanol–water partition coefficient (Wildman–Crippen LogP) is 1.74. The number of nitrogens with zero attached hydrogens (tertiary/aromatic N) is 3. The van der Waals surface area contributed by atoms with Crippen LogP contribution in [0.1, 0.15) is 40.9 Å². The molecule has 1 aromatic heterocycles. The Morgan fingerprint density at radius 2 is 2.15 bits per heavy atom. The number of alkyl halides is 3. The minimum atomic E-state index is -4.43. The lowest BCUT2D eigenvalue weighted by atomic mass is 10.1. The number of carbonyl (C=O) groups excluding carboxylic acids is 2. The molecule has 0 radical (unpaired) electrons. The third-order valence-electron chi connectivity index (χ3n) is 4.21. The summed E-state index contributed by atoms with van der Waals surface area (Å²) in [5, 5.41) is 12.9. The van der Waals surface area contributed by atoms with E-state index in [1.807, 2.05) is 0 Å². The molecule has 0 unspecified atom stereocenters. The normalized spacial score (nSPS) is 17.9. The van der Waals surface area contributed by atoms with Crippen molar-refractivity contribution in [2.45, 2.75) is 38.0 Å². The second-order valence-corrected chi connectivity index (χ2v) is 6.31. The monoisotopic (exact) mass is 381 g/mol. The fourth-order valence-electron chi connectivity index (χ4n) is 2.82. The molecule has 2 heterocycles. The lowest BCUT2D eigenvalue weighted by Gasteiger charge is -2.13. The lowest BCUT2D eigenvalue weighted by molar-refractivity contribution is -0.137. The van der Waals surface area contributed by atoms with Crippen LogP contribution < -0.4 is 10.6 Å². The van der Waals surface area contributed by atoms with Crippen molar-refractivity contribution in [2.75, 3.05) is 6.54 Å². The summed E-state index contributed by atoms with van der Waals surface area (Å²) < 4.78 is 39.6. The summed E-state index contributed by atoms with van der Waals surface area (Å²) >= 11 is 0. The highest BCUT2D eigenvalue weighted by Crippen LogP contribution is 2.29. The van der Waals surface area contributed by atoms with Crippen LogP contribution in [0.25, 0.3) is 0 Å². The van der Waals surface area contributed by atoms with Crippen molar-refractivity contribution < 1.29 is 22.8 Å². The molecule has 144 valence electrons. The summed E-state index contributed by atoms with van der Waals surface area (Å²) in [7, 11) is 0. The molecular formula is C17H18F3N5O2. The van der Waals surface area contributed by atoms with Gasteiger partial charge in [0.15, 0.2) is 5.69 Å². The van der Waals surface area contributed by atoms with Crippen molar-refractivity contribution in [3.8, 4) is 0 Å². The number of benzene rings is 1. The van der Waals surface area contributed by atoms with E-state index >= 15 is 0 Å². The van der Waals surface area contributed by atoms with Crippen LogP contribution in [0.4, 0.5) is 13.2 Å². The van der Waals surface area contributed by atoms with E-state index in [0.29, 0.717) is 18.5 Å². The molecule has 27 heavy (non-hydrogen) atoms. The first-order chi connectivity index (χ1) is 12.8. The number of amides is 2. The van der Waals surface area contributed by atoms with E-state index in [9.17, 15) is 22.8 Å². The summed E-state index contributed by atoms with van der Waals surface area (Å²) in [5.74, 6) is -0.787. The molecule has 10 heteroatoms. The van der Waals surface area contributed by atoms with E-state index in [1.54, 1.807) is 0 Å². The van der Waals surface area contributed by atoms with Crippen molar-refractivity contribution in [1.29, 1.82) is 0 Å². The molecular weight excluding hydrogens is 363 g/mol. The molecule has 1 aliphatic rings. The summed E-state index contributed by atoms with van der Waals surface area (Å²) in [5.41, 5.74) is -0.374. The number of hydrogen-bond donors (Lipinski definition) is 2. The summed E-state index contributed by atoms with van der Waals surface area (Å²) in [6, 6.07) is 4.23. The Balaban J connectivity index is 1.66. The highest BCUT2D eigenvalue weighted by atomic mass is 19.4. The van der Waals surface area contributed by atoms with Gasteiger partial charge in [-0.15, -0.1) is 5.10 Å². The topological polar surface area (TPSA) is 88.9 Å². The van der Waals surface area contributed by atoms with Crippen LogP contribution in [-0.2, 0) is 17.5 Å². The summed E-state index contributed by atoms with van der Waals surface area (Å²) in [6.07, 6.45) is -0.889. The molecule has 2 amide bonds. The van der Waals surface area contributed by atoms with Gasteiger partial charge in [-0.2, -0.15) is 13.2 Å². The molecule has 2 N–H and O–H groups in total. The first-order valence-electron chi connectivity index (χ1n) is 8.48. The molecule has 1 aromatic carbocycles. The quantitative estimate of drug-likeness (QED) is 0.845. The molecule has 0 saturated carbocycles. The van der Waals surface area contributed by atoms with Crippen LogP contribution in [0.2, 0.25) is 0 Å². The largest absolute Gasteiger partial charge is 0.416 e. The number of halogens is 3. The number of hydrogen-bond acceptors (Lipinski definition) is 4. The average Bonchev–Trinajstić information content (AvgIpc) is 2.99. The maximum Gasteiger partial charge on any atom is 0.416 e. The second kappa shape index (κ2) is 7.77. The van der Waals surface area contributed by atoms with Crippen molar-refractivity contribution in [3.63, 3.8) is 0 Å². The van der Waals surface area contributed by atoms with Gasteiger partial charge < -0.3 is 10.6 Å². The Hall–Kier alpha value is -2.91. The molecule has 0 aliphatic carbocycles. The molecule has 0 bridgehead atoms. The number of nitrogens with one attached hydrogen (secondary N) is 2. The maximum absolute atomic E-state index is 12.8. The minimum Gasteiger partial charge on any atom is -0.354 e. The third kappa shape index (κ3) is 4.83. The van der Waals surface area contributed by atoms with E-state index < -0.39 is 23.7 Å². The third-order valence-corrected chi connectivity index (χ3v) is 4.21. The molecule has 1 fully saturated rings. The van der Waals surface area contributed by atoms with Crippen molar-refractivity contribution in [2.24, 2.45) is 0 Å². The van der Waals surface area contributed by atoms with Crippen molar-refractivity contribution in [1.82, 2.24) is 25.6 Å². The van der Waals surface area contributed by atoms with Gasteiger partial charge in [0.05, 0.1) is 18.3 Å². The fourth-order valence-corrected chi connectivity index (χ4v) is 2.82. The maximum atomic E-state index is 12.8. The molecule has 1 saturated heterocycles. The first kappa shape index (κ1) is 18.9. The van der Waals surface area contributed by atoms with Crippen LogP contribution in [0.3, 0.4) is 0 Å². The Morgan fingerprint density at radius 3 is 2.93 bits per heavy atom. The van der Waals surface area contributed by atoms with Crippen LogP contribution >= 0.6 is 0 Å². The van der Waals surface area contributed by atoms with E-state index in [1.165, 1.54) is 23.0 Å². The Labute approximate surface area is 152 Å². The standard InChI is InChI=1S/C17H18F3N5O2/c18-17(19,20)12-5-3-4-11(8-12)9-25-10-14(23-24-25)16(27)22-13-6-1-2-7-21-15(13)26/h3-5,8,10,13H,1-2,6-7,9H2,(H,21,26)(H,22,27)/t13-/m0/s1. The summed E-state index contributed by atoms with van der Waals surface area (Å²) in [4.78, 5) is 24.1. The molecule has 3 rings (SSSR count). The van der Waals surface area contributed by atoms with Gasteiger partial charge in [0.2, 0.25) is 5.91 Å². The Morgan fingerprint density at radius 1 is 1.33 bits per heavy atom. The van der Waals surface area contributed by atoms with Crippen LogP contribution in [0.15, 0.2) is 30.5 Å². The Kier molecular flexibility index (Phi) is 5.43. The zero-order valence-corrected chi connectivity index (χ0v) is 14.3. The number of rotatable bonds is 4. The van der Waals surface area contributed by atoms with E-state index in [2.05, 4.69) is 20.9 Å². The lowest BCUT2D eigenvalue weighted by Crippen LogP contribution is -2.45. The van der Waals surface area contributed by atoms with E-state index in [-0.39, 0.29) is 18.1 Å². The zero-order chi connectivity index (χ0) is 19.4. The van der Waals surface area contributed by atoms with Crippen molar-refractivity contribution in [3.05, 3.63) is 47.3 Å². The number of carbonyl (C=O) groups is 2.